The maximum absolute atomic E-state index is 12.0. The van der Waals surface area contributed by atoms with E-state index >= 15 is 0 Å². The highest BCUT2D eigenvalue weighted by atomic mass is 35.5. The number of ether oxygens (including phenoxy) is 2. The van der Waals surface area contributed by atoms with Crippen LogP contribution in [-0.2, 0) is 14.3 Å². The van der Waals surface area contributed by atoms with Crippen LogP contribution in [0, 0.1) is 0 Å². The monoisotopic (exact) mass is 353 g/mol. The Labute approximate surface area is 142 Å². The lowest BCUT2D eigenvalue weighted by Crippen LogP contribution is -2.12. The van der Waals surface area contributed by atoms with Crippen LogP contribution in [0.15, 0.2) is 27.4 Å². The number of hydrogen-bond donors (Lipinski definition) is 1. The fraction of sp³-hybridized carbons (Fsp3) is 0.312. The summed E-state index contributed by atoms with van der Waals surface area (Å²) in [5.74, 6) is -0.703. The Morgan fingerprint density at radius 3 is 2.62 bits per heavy atom. The molecule has 7 nitrogen and oxygen atoms in total. The second-order valence-electron chi connectivity index (χ2n) is 4.93. The molecule has 0 spiro atoms. The first-order valence-electron chi connectivity index (χ1n) is 7.13. The second-order valence-corrected chi connectivity index (χ2v) is 5.31. The van der Waals surface area contributed by atoms with Crippen molar-refractivity contribution in [1.82, 2.24) is 0 Å². The summed E-state index contributed by atoms with van der Waals surface area (Å²) in [6.07, 6.45) is 0.697. The summed E-state index contributed by atoms with van der Waals surface area (Å²) in [6.45, 7) is 0. The molecule has 0 aliphatic rings. The van der Waals surface area contributed by atoms with Gasteiger partial charge >= 0.3 is 17.5 Å². The van der Waals surface area contributed by atoms with Crippen LogP contribution in [0.3, 0.4) is 0 Å². The molecule has 0 saturated heterocycles. The first kappa shape index (κ1) is 17.8. The van der Waals surface area contributed by atoms with Crippen molar-refractivity contribution in [3.63, 3.8) is 0 Å². The molecule has 8 heteroatoms. The molecular weight excluding hydrogens is 338 g/mol. The zero-order chi connectivity index (χ0) is 17.7. The van der Waals surface area contributed by atoms with E-state index in [1.807, 2.05) is 0 Å². The Morgan fingerprint density at radius 2 is 1.96 bits per heavy atom. The predicted octanol–water partition coefficient (Wildman–Crippen LogP) is 2.74. The number of amides is 1. The number of carbonyl (C=O) groups is 2. The molecule has 0 fully saturated rings. The second kappa shape index (κ2) is 7.83. The molecular formula is C16H16ClNO6. The minimum Gasteiger partial charge on any atom is -0.469 e. The summed E-state index contributed by atoms with van der Waals surface area (Å²) < 4.78 is 14.4. The highest BCUT2D eigenvalue weighted by Crippen LogP contribution is 2.31. The molecule has 2 aromatic rings. The number of anilines is 1. The molecule has 128 valence electrons. The number of halogens is 1. The van der Waals surface area contributed by atoms with E-state index in [1.165, 1.54) is 20.3 Å². The van der Waals surface area contributed by atoms with Gasteiger partial charge in [0.1, 0.15) is 5.02 Å². The van der Waals surface area contributed by atoms with E-state index in [1.54, 1.807) is 12.1 Å². The van der Waals surface area contributed by atoms with Gasteiger partial charge in [0.2, 0.25) is 5.91 Å². The van der Waals surface area contributed by atoms with Crippen LogP contribution in [0.5, 0.6) is 5.95 Å². The minimum absolute atomic E-state index is 0.0613. The van der Waals surface area contributed by atoms with E-state index in [4.69, 9.17) is 20.8 Å². The van der Waals surface area contributed by atoms with Crippen LogP contribution in [0.25, 0.3) is 10.8 Å². The van der Waals surface area contributed by atoms with Crippen LogP contribution >= 0.6 is 11.6 Å². The third-order valence-corrected chi connectivity index (χ3v) is 3.68. The Balaban J connectivity index is 2.14. The first-order chi connectivity index (χ1) is 11.5. The third kappa shape index (κ3) is 4.05. The molecule has 0 saturated carbocycles. The summed E-state index contributed by atoms with van der Waals surface area (Å²) >= 11 is 6.09. The van der Waals surface area contributed by atoms with Crippen molar-refractivity contribution in [1.29, 1.82) is 0 Å². The minimum atomic E-state index is -0.618. The van der Waals surface area contributed by atoms with Gasteiger partial charge in [-0.25, -0.2) is 4.79 Å². The van der Waals surface area contributed by atoms with Gasteiger partial charge in [0.15, 0.2) is 0 Å². The molecule has 1 N–H and O–H groups in total. The van der Waals surface area contributed by atoms with Crippen LogP contribution in [0.1, 0.15) is 19.3 Å². The van der Waals surface area contributed by atoms with Crippen molar-refractivity contribution >= 4 is 39.9 Å². The number of benzene rings is 1. The molecule has 0 atom stereocenters. The topological polar surface area (TPSA) is 94.8 Å². The Morgan fingerprint density at radius 1 is 1.21 bits per heavy atom. The molecule has 1 amide bonds. The molecule has 0 bridgehead atoms. The lowest BCUT2D eigenvalue weighted by atomic mass is 10.1. The van der Waals surface area contributed by atoms with E-state index in [-0.39, 0.29) is 41.1 Å². The van der Waals surface area contributed by atoms with Crippen LogP contribution in [0.2, 0.25) is 5.02 Å². The van der Waals surface area contributed by atoms with E-state index in [2.05, 4.69) is 10.1 Å². The quantitative estimate of drug-likeness (QED) is 0.802. The average Bonchev–Trinajstić information content (AvgIpc) is 2.57. The molecule has 1 heterocycles. The molecule has 0 aliphatic carbocycles. The van der Waals surface area contributed by atoms with Gasteiger partial charge in [0.05, 0.1) is 19.6 Å². The van der Waals surface area contributed by atoms with Gasteiger partial charge in [-0.15, -0.1) is 0 Å². The van der Waals surface area contributed by atoms with Gasteiger partial charge in [-0.1, -0.05) is 17.7 Å². The van der Waals surface area contributed by atoms with Crippen molar-refractivity contribution < 1.29 is 23.5 Å². The van der Waals surface area contributed by atoms with Crippen molar-refractivity contribution in [2.45, 2.75) is 19.3 Å². The zero-order valence-corrected chi connectivity index (χ0v) is 13.9. The van der Waals surface area contributed by atoms with E-state index in [0.717, 1.165) is 0 Å². The average molecular weight is 354 g/mol. The lowest BCUT2D eigenvalue weighted by Gasteiger charge is -2.08. The van der Waals surface area contributed by atoms with E-state index in [0.29, 0.717) is 17.5 Å². The van der Waals surface area contributed by atoms with Gasteiger partial charge in [-0.05, 0) is 18.6 Å². The van der Waals surface area contributed by atoms with Gasteiger partial charge in [-0.3, -0.25) is 9.59 Å². The largest absolute Gasteiger partial charge is 0.469 e. The molecule has 24 heavy (non-hydrogen) atoms. The van der Waals surface area contributed by atoms with Crippen molar-refractivity contribution in [2.24, 2.45) is 0 Å². The fourth-order valence-electron chi connectivity index (χ4n) is 2.13. The number of carbonyl (C=O) groups excluding carboxylic acids is 2. The number of hydrogen-bond acceptors (Lipinski definition) is 6. The maximum Gasteiger partial charge on any atom is 0.346 e. The molecule has 2 rings (SSSR count). The molecule has 1 aromatic carbocycles. The number of rotatable bonds is 6. The summed E-state index contributed by atoms with van der Waals surface area (Å²) in [6, 6.07) is 4.69. The Kier molecular flexibility index (Phi) is 5.81. The number of fused-ring (bicyclic) bond motifs is 1. The summed E-state index contributed by atoms with van der Waals surface area (Å²) in [7, 11) is 2.64. The fourth-order valence-corrected chi connectivity index (χ4v) is 2.41. The molecule has 0 aliphatic heterocycles. The Hall–Kier alpha value is -2.54. The van der Waals surface area contributed by atoms with E-state index < -0.39 is 5.63 Å². The molecule has 0 radical (unpaired) electrons. The van der Waals surface area contributed by atoms with Gasteiger partial charge in [0.25, 0.3) is 0 Å². The zero-order valence-electron chi connectivity index (χ0n) is 13.2. The summed E-state index contributed by atoms with van der Waals surface area (Å²) in [5, 5.41) is 3.53. The van der Waals surface area contributed by atoms with Crippen LogP contribution in [0.4, 0.5) is 5.69 Å². The van der Waals surface area contributed by atoms with E-state index in [9.17, 15) is 14.4 Å². The highest BCUT2D eigenvalue weighted by Gasteiger charge is 2.14. The van der Waals surface area contributed by atoms with Crippen LogP contribution in [-0.4, -0.2) is 26.1 Å². The summed E-state index contributed by atoms with van der Waals surface area (Å²) in [4.78, 5) is 34.8. The lowest BCUT2D eigenvalue weighted by molar-refractivity contribution is -0.140. The molecule has 1 aromatic heterocycles. The summed E-state index contributed by atoms with van der Waals surface area (Å²) in [5.41, 5.74) is -0.188. The normalized spacial score (nSPS) is 10.5. The smallest absolute Gasteiger partial charge is 0.346 e. The number of nitrogens with one attached hydrogen (secondary N) is 1. The van der Waals surface area contributed by atoms with Gasteiger partial charge in [0, 0.05) is 23.9 Å². The van der Waals surface area contributed by atoms with Crippen LogP contribution < -0.4 is 15.7 Å². The van der Waals surface area contributed by atoms with Gasteiger partial charge < -0.3 is 19.2 Å². The van der Waals surface area contributed by atoms with Gasteiger partial charge in [-0.2, -0.15) is 0 Å². The number of methoxy groups -OCH3 is 2. The van der Waals surface area contributed by atoms with Crippen molar-refractivity contribution in [2.75, 3.05) is 19.5 Å². The predicted molar refractivity (Wildman–Crippen MR) is 88.5 cm³/mol. The first-order valence-corrected chi connectivity index (χ1v) is 7.51. The van der Waals surface area contributed by atoms with Crippen molar-refractivity contribution in [3.8, 4) is 5.95 Å². The number of esters is 1. The van der Waals surface area contributed by atoms with Crippen molar-refractivity contribution in [3.05, 3.63) is 33.6 Å². The SMILES string of the molecule is COC(=O)CCCC(=O)Nc1ccc2c(Cl)c(OC)oc(=O)c2c1. The maximum atomic E-state index is 12.0. The highest BCUT2D eigenvalue weighted by molar-refractivity contribution is 6.36. The Bertz CT molecular complexity index is 829. The molecule has 0 unspecified atom stereocenters. The standard InChI is InChI=1S/C16H16ClNO6/c1-22-13(20)5-3-4-12(19)18-9-6-7-10-11(8-9)15(21)24-16(23-2)14(10)17/h6-8H,3-5H2,1-2H3,(H,18,19). The third-order valence-electron chi connectivity index (χ3n) is 3.32.